The van der Waals surface area contributed by atoms with Gasteiger partial charge < -0.3 is 24.6 Å². The number of rotatable bonds is 4. The maximum atomic E-state index is 11.8. The summed E-state index contributed by atoms with van der Waals surface area (Å²) in [5, 5.41) is 11.2. The molecule has 9 heteroatoms. The first-order valence-electron chi connectivity index (χ1n) is 7.57. The minimum absolute atomic E-state index is 0.0271. The van der Waals surface area contributed by atoms with Gasteiger partial charge in [0.15, 0.2) is 0 Å². The first-order chi connectivity index (χ1) is 11.6. The van der Waals surface area contributed by atoms with E-state index in [1.807, 2.05) is 0 Å². The number of anilines is 1. The highest BCUT2D eigenvalue weighted by molar-refractivity contribution is 5.89. The van der Waals surface area contributed by atoms with E-state index in [4.69, 9.17) is 14.6 Å². The van der Waals surface area contributed by atoms with E-state index in [2.05, 4.69) is 10.1 Å². The van der Waals surface area contributed by atoms with Crippen molar-refractivity contribution in [2.45, 2.75) is 39.2 Å². The molecule has 1 unspecified atom stereocenters. The van der Waals surface area contributed by atoms with Crippen LogP contribution in [-0.4, -0.2) is 41.9 Å². The summed E-state index contributed by atoms with van der Waals surface area (Å²) in [6, 6.07) is 6.78. The van der Waals surface area contributed by atoms with Gasteiger partial charge in [-0.25, -0.2) is 14.4 Å². The zero-order valence-corrected chi connectivity index (χ0v) is 14.1. The van der Waals surface area contributed by atoms with Crippen LogP contribution in [0, 0.1) is 0 Å². The standard InChI is InChI=1S/C16H20N2O7/c1-16(2,3)25-13(19)17-8-10-4-6-11(7-5-10)18-9-12(23-14(18)20)24-15(21)22/h4-7,12H,8-9H2,1-3H3,(H,17,19)(H,21,22). The van der Waals surface area contributed by atoms with E-state index in [-0.39, 0.29) is 13.1 Å². The van der Waals surface area contributed by atoms with Crippen LogP contribution in [0.2, 0.25) is 0 Å². The third-order valence-electron chi connectivity index (χ3n) is 3.10. The Labute approximate surface area is 144 Å². The van der Waals surface area contributed by atoms with Gasteiger partial charge in [0.05, 0.1) is 0 Å². The Balaban J connectivity index is 1.90. The number of nitrogens with one attached hydrogen (secondary N) is 1. The quantitative estimate of drug-likeness (QED) is 0.801. The third kappa shape index (κ3) is 5.55. The minimum atomic E-state index is -1.51. The summed E-state index contributed by atoms with van der Waals surface area (Å²) < 4.78 is 14.4. The average molecular weight is 352 g/mol. The number of hydrogen-bond donors (Lipinski definition) is 2. The largest absolute Gasteiger partial charge is 0.508 e. The summed E-state index contributed by atoms with van der Waals surface area (Å²) in [7, 11) is 0. The van der Waals surface area contributed by atoms with Crippen molar-refractivity contribution in [1.29, 1.82) is 0 Å². The molecule has 0 saturated carbocycles. The molecule has 1 aromatic rings. The van der Waals surface area contributed by atoms with E-state index in [0.717, 1.165) is 5.56 Å². The maximum absolute atomic E-state index is 11.8. The fraction of sp³-hybridized carbons (Fsp3) is 0.438. The minimum Gasteiger partial charge on any atom is -0.450 e. The molecule has 136 valence electrons. The van der Waals surface area contributed by atoms with Crippen LogP contribution in [0.3, 0.4) is 0 Å². The monoisotopic (exact) mass is 352 g/mol. The van der Waals surface area contributed by atoms with Gasteiger partial charge in [0, 0.05) is 12.2 Å². The van der Waals surface area contributed by atoms with Gasteiger partial charge in [-0.05, 0) is 38.5 Å². The van der Waals surface area contributed by atoms with E-state index in [1.54, 1.807) is 45.0 Å². The molecule has 2 rings (SSSR count). The predicted octanol–water partition coefficient (Wildman–Crippen LogP) is 2.69. The van der Waals surface area contributed by atoms with E-state index in [9.17, 15) is 14.4 Å². The van der Waals surface area contributed by atoms with Crippen molar-refractivity contribution in [3.63, 3.8) is 0 Å². The van der Waals surface area contributed by atoms with Crippen LogP contribution < -0.4 is 10.2 Å². The van der Waals surface area contributed by atoms with E-state index < -0.39 is 30.2 Å². The summed E-state index contributed by atoms with van der Waals surface area (Å²) in [4.78, 5) is 35.1. The number of carboxylic acid groups (broad SMARTS) is 1. The SMILES string of the molecule is CC(C)(C)OC(=O)NCc1ccc(N2CC(OC(=O)O)OC2=O)cc1. The molecule has 1 saturated heterocycles. The van der Waals surface area contributed by atoms with Crippen LogP contribution in [0.25, 0.3) is 0 Å². The Morgan fingerprint density at radius 1 is 1.32 bits per heavy atom. The highest BCUT2D eigenvalue weighted by atomic mass is 16.8. The Kier molecular flexibility index (Phi) is 5.35. The second-order valence-corrected chi connectivity index (χ2v) is 6.33. The number of ether oxygens (including phenoxy) is 3. The summed E-state index contributed by atoms with van der Waals surface area (Å²) in [5.41, 5.74) is 0.765. The van der Waals surface area contributed by atoms with Crippen LogP contribution in [-0.2, 0) is 20.8 Å². The average Bonchev–Trinajstić information content (AvgIpc) is 2.83. The predicted molar refractivity (Wildman–Crippen MR) is 86.2 cm³/mol. The smallest absolute Gasteiger partial charge is 0.450 e. The van der Waals surface area contributed by atoms with E-state index >= 15 is 0 Å². The van der Waals surface area contributed by atoms with Crippen molar-refractivity contribution in [3.05, 3.63) is 29.8 Å². The highest BCUT2D eigenvalue weighted by Crippen LogP contribution is 2.22. The van der Waals surface area contributed by atoms with Gasteiger partial charge in [0.1, 0.15) is 12.1 Å². The lowest BCUT2D eigenvalue weighted by Gasteiger charge is -2.19. The van der Waals surface area contributed by atoms with Gasteiger partial charge >= 0.3 is 18.3 Å². The van der Waals surface area contributed by atoms with E-state index in [1.165, 1.54) is 4.90 Å². The van der Waals surface area contributed by atoms with Crippen molar-refractivity contribution >= 4 is 24.0 Å². The van der Waals surface area contributed by atoms with E-state index in [0.29, 0.717) is 5.69 Å². The van der Waals surface area contributed by atoms with Crippen LogP contribution in [0.1, 0.15) is 26.3 Å². The van der Waals surface area contributed by atoms with Gasteiger partial charge in [-0.15, -0.1) is 0 Å². The molecule has 0 aromatic heterocycles. The summed E-state index contributed by atoms with van der Waals surface area (Å²) in [5.74, 6) is 0. The topological polar surface area (TPSA) is 114 Å². The zero-order chi connectivity index (χ0) is 18.6. The molecule has 1 fully saturated rings. The molecule has 1 atom stereocenters. The highest BCUT2D eigenvalue weighted by Gasteiger charge is 2.34. The summed E-state index contributed by atoms with van der Waals surface area (Å²) in [6.07, 6.45) is -3.87. The molecule has 0 aliphatic carbocycles. The van der Waals surface area contributed by atoms with Crippen molar-refractivity contribution < 1.29 is 33.7 Å². The Hall–Kier alpha value is -2.97. The number of nitrogens with zero attached hydrogens (tertiary/aromatic N) is 1. The van der Waals surface area contributed by atoms with Gasteiger partial charge in [-0.2, -0.15) is 0 Å². The van der Waals surface area contributed by atoms with Gasteiger partial charge in [0.25, 0.3) is 6.29 Å². The van der Waals surface area contributed by atoms with Crippen molar-refractivity contribution in [3.8, 4) is 0 Å². The lowest BCUT2D eigenvalue weighted by Crippen LogP contribution is -2.32. The number of alkyl carbamates (subject to hydrolysis) is 1. The second-order valence-electron chi connectivity index (χ2n) is 6.33. The number of carbonyl (C=O) groups excluding carboxylic acids is 2. The third-order valence-corrected chi connectivity index (χ3v) is 3.10. The molecule has 1 aliphatic heterocycles. The number of benzene rings is 1. The van der Waals surface area contributed by atoms with Gasteiger partial charge in [-0.1, -0.05) is 12.1 Å². The number of cyclic esters (lactones) is 1. The number of hydrogen-bond acceptors (Lipinski definition) is 6. The van der Waals surface area contributed by atoms with Crippen molar-refractivity contribution in [2.24, 2.45) is 0 Å². The number of carbonyl (C=O) groups is 3. The lowest BCUT2D eigenvalue weighted by atomic mass is 10.2. The molecule has 2 amide bonds. The molecule has 0 spiro atoms. The zero-order valence-electron chi connectivity index (χ0n) is 14.1. The molecular weight excluding hydrogens is 332 g/mol. The molecule has 9 nitrogen and oxygen atoms in total. The van der Waals surface area contributed by atoms with Gasteiger partial charge in [-0.3, -0.25) is 4.90 Å². The molecule has 1 aliphatic rings. The van der Waals surface area contributed by atoms with Crippen LogP contribution in [0.15, 0.2) is 24.3 Å². The van der Waals surface area contributed by atoms with Crippen molar-refractivity contribution in [1.82, 2.24) is 5.32 Å². The first-order valence-corrected chi connectivity index (χ1v) is 7.57. The molecular formula is C16H20N2O7. The maximum Gasteiger partial charge on any atom is 0.508 e. The second kappa shape index (κ2) is 7.29. The van der Waals surface area contributed by atoms with Crippen LogP contribution in [0.5, 0.6) is 0 Å². The molecule has 0 bridgehead atoms. The lowest BCUT2D eigenvalue weighted by molar-refractivity contribution is -0.0491. The van der Waals surface area contributed by atoms with Crippen molar-refractivity contribution in [2.75, 3.05) is 11.4 Å². The van der Waals surface area contributed by atoms with Crippen LogP contribution in [0.4, 0.5) is 20.1 Å². The Morgan fingerprint density at radius 3 is 2.52 bits per heavy atom. The molecule has 25 heavy (non-hydrogen) atoms. The normalized spacial score (nSPS) is 17.0. The first kappa shape index (κ1) is 18.4. The fourth-order valence-corrected chi connectivity index (χ4v) is 2.10. The molecule has 2 N–H and O–H groups in total. The van der Waals surface area contributed by atoms with Gasteiger partial charge in [0.2, 0.25) is 0 Å². The molecule has 1 heterocycles. The number of amides is 2. The Morgan fingerprint density at radius 2 is 1.96 bits per heavy atom. The summed E-state index contributed by atoms with van der Waals surface area (Å²) >= 11 is 0. The van der Waals surface area contributed by atoms with Crippen LogP contribution >= 0.6 is 0 Å². The fourth-order valence-electron chi connectivity index (χ4n) is 2.10. The Bertz CT molecular complexity index is 651. The summed E-state index contributed by atoms with van der Waals surface area (Å²) in [6.45, 7) is 5.57. The molecule has 0 radical (unpaired) electrons. The molecule has 1 aromatic carbocycles.